The third kappa shape index (κ3) is 3.98. The van der Waals surface area contributed by atoms with Gasteiger partial charge in [-0.15, -0.1) is 0 Å². The maximum atomic E-state index is 5.79. The SMILES string of the molecule is COc1ccc(Oc2ccc(Oc3ccc(OC)cc3)cc2)cc1. The van der Waals surface area contributed by atoms with Crippen LogP contribution in [-0.2, 0) is 0 Å². The second-order valence-electron chi connectivity index (χ2n) is 5.03. The molecule has 0 radical (unpaired) electrons. The van der Waals surface area contributed by atoms with E-state index in [2.05, 4.69) is 0 Å². The highest BCUT2D eigenvalue weighted by atomic mass is 16.5. The van der Waals surface area contributed by atoms with Gasteiger partial charge in [0.15, 0.2) is 0 Å². The molecular formula is C20H18O4. The van der Waals surface area contributed by atoms with Crippen LogP contribution in [0.25, 0.3) is 0 Å². The van der Waals surface area contributed by atoms with Gasteiger partial charge in [-0.05, 0) is 72.8 Å². The first-order valence-electron chi connectivity index (χ1n) is 7.51. The second-order valence-corrected chi connectivity index (χ2v) is 5.03. The molecule has 0 aliphatic rings. The number of hydrogen-bond donors (Lipinski definition) is 0. The van der Waals surface area contributed by atoms with Crippen LogP contribution in [-0.4, -0.2) is 14.2 Å². The van der Waals surface area contributed by atoms with Crippen molar-refractivity contribution < 1.29 is 18.9 Å². The molecule has 0 aromatic heterocycles. The molecule has 0 unspecified atom stereocenters. The summed E-state index contributed by atoms with van der Waals surface area (Å²) in [6, 6.07) is 22.3. The minimum Gasteiger partial charge on any atom is -0.497 e. The van der Waals surface area contributed by atoms with Gasteiger partial charge in [-0.2, -0.15) is 0 Å². The van der Waals surface area contributed by atoms with Crippen LogP contribution in [0.15, 0.2) is 72.8 Å². The Balaban J connectivity index is 1.63. The minimum atomic E-state index is 0.738. The van der Waals surface area contributed by atoms with E-state index in [1.807, 2.05) is 72.8 Å². The summed E-state index contributed by atoms with van der Waals surface area (Å²) in [5.41, 5.74) is 0. The third-order valence-corrected chi connectivity index (χ3v) is 3.41. The van der Waals surface area contributed by atoms with Crippen LogP contribution in [0.5, 0.6) is 34.5 Å². The fourth-order valence-corrected chi connectivity index (χ4v) is 2.14. The van der Waals surface area contributed by atoms with Crippen LogP contribution in [0.1, 0.15) is 0 Å². The first kappa shape index (κ1) is 15.7. The van der Waals surface area contributed by atoms with Gasteiger partial charge in [0.2, 0.25) is 0 Å². The molecule has 4 heteroatoms. The van der Waals surface area contributed by atoms with E-state index in [0.29, 0.717) is 0 Å². The maximum absolute atomic E-state index is 5.79. The molecule has 0 atom stereocenters. The van der Waals surface area contributed by atoms with E-state index in [4.69, 9.17) is 18.9 Å². The molecule has 4 nitrogen and oxygen atoms in total. The fourth-order valence-electron chi connectivity index (χ4n) is 2.14. The van der Waals surface area contributed by atoms with Crippen molar-refractivity contribution in [3.8, 4) is 34.5 Å². The standard InChI is InChI=1S/C20H18O4/c1-21-15-3-7-17(8-4-15)23-19-11-13-20(14-12-19)24-18-9-5-16(22-2)6-10-18/h3-14H,1-2H3. The molecule has 0 spiro atoms. The van der Waals surface area contributed by atoms with Crippen LogP contribution in [0.3, 0.4) is 0 Å². The molecule has 122 valence electrons. The monoisotopic (exact) mass is 322 g/mol. The molecular weight excluding hydrogens is 304 g/mol. The topological polar surface area (TPSA) is 36.9 Å². The van der Waals surface area contributed by atoms with Gasteiger partial charge in [-0.1, -0.05) is 0 Å². The lowest BCUT2D eigenvalue weighted by atomic mass is 10.3. The van der Waals surface area contributed by atoms with Crippen LogP contribution in [0, 0.1) is 0 Å². The quantitative estimate of drug-likeness (QED) is 0.618. The van der Waals surface area contributed by atoms with Crippen molar-refractivity contribution in [1.82, 2.24) is 0 Å². The van der Waals surface area contributed by atoms with E-state index in [1.54, 1.807) is 14.2 Å². The molecule has 0 aliphatic carbocycles. The zero-order valence-corrected chi connectivity index (χ0v) is 13.6. The van der Waals surface area contributed by atoms with Crippen molar-refractivity contribution in [3.05, 3.63) is 72.8 Å². The molecule has 0 fully saturated rings. The van der Waals surface area contributed by atoms with Gasteiger partial charge in [-0.3, -0.25) is 0 Å². The summed E-state index contributed by atoms with van der Waals surface area (Å²) in [7, 11) is 3.27. The molecule has 0 bridgehead atoms. The van der Waals surface area contributed by atoms with Crippen molar-refractivity contribution in [1.29, 1.82) is 0 Å². The predicted octanol–water partition coefficient (Wildman–Crippen LogP) is 5.29. The zero-order chi connectivity index (χ0) is 16.8. The normalized spacial score (nSPS) is 10.1. The smallest absolute Gasteiger partial charge is 0.127 e. The Kier molecular flexibility index (Phi) is 4.87. The molecule has 0 saturated carbocycles. The number of benzene rings is 3. The summed E-state index contributed by atoms with van der Waals surface area (Å²) < 4.78 is 21.8. The average molecular weight is 322 g/mol. The summed E-state index contributed by atoms with van der Waals surface area (Å²) in [5, 5.41) is 0. The highest BCUT2D eigenvalue weighted by Gasteiger charge is 2.01. The highest BCUT2D eigenvalue weighted by molar-refractivity contribution is 5.40. The largest absolute Gasteiger partial charge is 0.497 e. The minimum absolute atomic E-state index is 0.738. The van der Waals surface area contributed by atoms with Gasteiger partial charge < -0.3 is 18.9 Å². The van der Waals surface area contributed by atoms with Gasteiger partial charge in [-0.25, -0.2) is 0 Å². The Labute approximate surface area is 141 Å². The number of methoxy groups -OCH3 is 2. The van der Waals surface area contributed by atoms with E-state index in [-0.39, 0.29) is 0 Å². The Morgan fingerprint density at radius 2 is 0.583 bits per heavy atom. The molecule has 0 N–H and O–H groups in total. The Hall–Kier alpha value is -3.14. The number of ether oxygens (including phenoxy) is 4. The fraction of sp³-hybridized carbons (Fsp3) is 0.100. The van der Waals surface area contributed by atoms with Gasteiger partial charge in [0.25, 0.3) is 0 Å². The first-order valence-corrected chi connectivity index (χ1v) is 7.51. The van der Waals surface area contributed by atoms with Gasteiger partial charge >= 0.3 is 0 Å². The molecule has 3 aromatic carbocycles. The number of rotatable bonds is 6. The van der Waals surface area contributed by atoms with Gasteiger partial charge in [0.1, 0.15) is 34.5 Å². The predicted molar refractivity (Wildman–Crippen MR) is 92.6 cm³/mol. The van der Waals surface area contributed by atoms with Crippen molar-refractivity contribution in [3.63, 3.8) is 0 Å². The summed E-state index contributed by atoms with van der Waals surface area (Å²) in [6.07, 6.45) is 0. The van der Waals surface area contributed by atoms with Gasteiger partial charge in [0.05, 0.1) is 14.2 Å². The maximum Gasteiger partial charge on any atom is 0.127 e. The molecule has 3 rings (SSSR count). The summed E-state index contributed by atoms with van der Waals surface area (Å²) in [5.74, 6) is 4.57. The molecule has 0 amide bonds. The van der Waals surface area contributed by atoms with Crippen LogP contribution in [0.4, 0.5) is 0 Å². The summed E-state index contributed by atoms with van der Waals surface area (Å²) in [6.45, 7) is 0. The highest BCUT2D eigenvalue weighted by Crippen LogP contribution is 2.28. The lowest BCUT2D eigenvalue weighted by Gasteiger charge is -2.09. The van der Waals surface area contributed by atoms with Gasteiger partial charge in [0, 0.05) is 0 Å². The van der Waals surface area contributed by atoms with Crippen LogP contribution < -0.4 is 18.9 Å². The Morgan fingerprint density at radius 3 is 0.792 bits per heavy atom. The van der Waals surface area contributed by atoms with E-state index in [0.717, 1.165) is 34.5 Å². The summed E-state index contributed by atoms with van der Waals surface area (Å²) in [4.78, 5) is 0. The van der Waals surface area contributed by atoms with E-state index >= 15 is 0 Å². The molecule has 0 saturated heterocycles. The van der Waals surface area contributed by atoms with Crippen LogP contribution >= 0.6 is 0 Å². The first-order chi connectivity index (χ1) is 11.8. The third-order valence-electron chi connectivity index (χ3n) is 3.41. The van der Waals surface area contributed by atoms with Crippen molar-refractivity contribution in [2.45, 2.75) is 0 Å². The molecule has 0 heterocycles. The number of hydrogen-bond acceptors (Lipinski definition) is 4. The molecule has 3 aromatic rings. The van der Waals surface area contributed by atoms with E-state index < -0.39 is 0 Å². The van der Waals surface area contributed by atoms with E-state index in [9.17, 15) is 0 Å². The lowest BCUT2D eigenvalue weighted by molar-refractivity contribution is 0.412. The summed E-state index contributed by atoms with van der Waals surface area (Å²) >= 11 is 0. The van der Waals surface area contributed by atoms with E-state index in [1.165, 1.54) is 0 Å². The zero-order valence-electron chi connectivity index (χ0n) is 13.6. The molecule has 0 aliphatic heterocycles. The second kappa shape index (κ2) is 7.42. The Bertz CT molecular complexity index is 694. The van der Waals surface area contributed by atoms with Crippen molar-refractivity contribution in [2.24, 2.45) is 0 Å². The van der Waals surface area contributed by atoms with Crippen LogP contribution in [0.2, 0.25) is 0 Å². The average Bonchev–Trinajstić information content (AvgIpc) is 2.65. The molecule has 24 heavy (non-hydrogen) atoms. The Morgan fingerprint density at radius 1 is 0.375 bits per heavy atom. The lowest BCUT2D eigenvalue weighted by Crippen LogP contribution is -1.87. The van der Waals surface area contributed by atoms with Crippen molar-refractivity contribution >= 4 is 0 Å². The van der Waals surface area contributed by atoms with Crippen molar-refractivity contribution in [2.75, 3.05) is 14.2 Å².